The number of carbonyl (C=O) groups excluding carboxylic acids is 2. The Bertz CT molecular complexity index is 949. The van der Waals surface area contributed by atoms with Gasteiger partial charge in [-0.15, -0.1) is 0 Å². The van der Waals surface area contributed by atoms with Gasteiger partial charge < -0.3 is 20.1 Å². The summed E-state index contributed by atoms with van der Waals surface area (Å²) in [7, 11) is 3.24. The van der Waals surface area contributed by atoms with E-state index in [2.05, 4.69) is 15.6 Å². The van der Waals surface area contributed by atoms with Crippen molar-refractivity contribution in [3.8, 4) is 11.5 Å². The molecule has 7 heteroatoms. The molecule has 2 amide bonds. The SMILES string of the molecule is COc1ccc([C@H]2C[C@@H](NC(=O)Cc3ccccn3)CC[C@]23CCC(=O)N3)cc1OC. The summed E-state index contributed by atoms with van der Waals surface area (Å²) in [4.78, 5) is 29.0. The molecule has 1 saturated carbocycles. The van der Waals surface area contributed by atoms with Crippen molar-refractivity contribution < 1.29 is 19.1 Å². The fourth-order valence-electron chi connectivity index (χ4n) is 5.02. The average molecular weight is 424 g/mol. The van der Waals surface area contributed by atoms with E-state index in [0.717, 1.165) is 36.9 Å². The topological polar surface area (TPSA) is 89.5 Å². The van der Waals surface area contributed by atoms with Gasteiger partial charge in [-0.3, -0.25) is 14.6 Å². The Balaban J connectivity index is 1.54. The highest BCUT2D eigenvalue weighted by atomic mass is 16.5. The van der Waals surface area contributed by atoms with Crippen molar-refractivity contribution in [2.24, 2.45) is 0 Å². The van der Waals surface area contributed by atoms with Gasteiger partial charge in [0.1, 0.15) is 0 Å². The van der Waals surface area contributed by atoms with Crippen molar-refractivity contribution >= 4 is 11.8 Å². The van der Waals surface area contributed by atoms with E-state index >= 15 is 0 Å². The second kappa shape index (κ2) is 8.96. The van der Waals surface area contributed by atoms with E-state index in [-0.39, 0.29) is 35.7 Å². The van der Waals surface area contributed by atoms with Crippen molar-refractivity contribution in [1.29, 1.82) is 0 Å². The highest BCUT2D eigenvalue weighted by molar-refractivity contribution is 5.80. The lowest BCUT2D eigenvalue weighted by atomic mass is 9.67. The standard InChI is InChI=1S/C24H29N3O4/c1-30-20-7-6-16(13-21(20)31-2)19-14-18(8-10-24(19)11-9-22(28)27-24)26-23(29)15-17-5-3-4-12-25-17/h3-7,12-13,18-19H,8-11,14-15H2,1-2H3,(H,26,29)(H,27,28)/t18-,19+,24-/m0/s1. The Hall–Kier alpha value is -3.09. The largest absolute Gasteiger partial charge is 0.493 e. The van der Waals surface area contributed by atoms with Gasteiger partial charge in [0.05, 0.1) is 20.6 Å². The number of amides is 2. The van der Waals surface area contributed by atoms with Crippen molar-refractivity contribution in [1.82, 2.24) is 15.6 Å². The minimum Gasteiger partial charge on any atom is -0.493 e. The quantitative estimate of drug-likeness (QED) is 0.746. The third-order valence-electron chi connectivity index (χ3n) is 6.56. The van der Waals surface area contributed by atoms with Gasteiger partial charge in [0.25, 0.3) is 0 Å². The lowest BCUT2D eigenvalue weighted by Crippen LogP contribution is -2.54. The van der Waals surface area contributed by atoms with Crippen LogP contribution in [0, 0.1) is 0 Å². The molecule has 1 aliphatic carbocycles. The molecule has 1 aromatic carbocycles. The van der Waals surface area contributed by atoms with Gasteiger partial charge in [0.2, 0.25) is 11.8 Å². The number of nitrogens with zero attached hydrogens (tertiary/aromatic N) is 1. The molecular weight excluding hydrogens is 394 g/mol. The number of ether oxygens (including phenoxy) is 2. The van der Waals surface area contributed by atoms with Crippen LogP contribution in [0.2, 0.25) is 0 Å². The van der Waals surface area contributed by atoms with E-state index in [1.807, 2.05) is 36.4 Å². The van der Waals surface area contributed by atoms with E-state index in [1.54, 1.807) is 20.4 Å². The zero-order chi connectivity index (χ0) is 21.8. The Kier molecular flexibility index (Phi) is 6.11. The number of benzene rings is 1. The maximum absolute atomic E-state index is 12.6. The summed E-state index contributed by atoms with van der Waals surface area (Å²) in [5.74, 6) is 1.49. The van der Waals surface area contributed by atoms with Gasteiger partial charge in [-0.2, -0.15) is 0 Å². The van der Waals surface area contributed by atoms with Crippen LogP contribution in [0.1, 0.15) is 49.3 Å². The molecule has 164 valence electrons. The molecule has 1 saturated heterocycles. The molecule has 2 heterocycles. The minimum atomic E-state index is -0.279. The number of carbonyl (C=O) groups is 2. The van der Waals surface area contributed by atoms with Gasteiger partial charge in [0.15, 0.2) is 11.5 Å². The first-order valence-electron chi connectivity index (χ1n) is 10.8. The molecule has 1 aliphatic heterocycles. The number of aromatic nitrogens is 1. The first-order valence-corrected chi connectivity index (χ1v) is 10.8. The third-order valence-corrected chi connectivity index (χ3v) is 6.56. The Morgan fingerprint density at radius 2 is 2.03 bits per heavy atom. The summed E-state index contributed by atoms with van der Waals surface area (Å²) in [6.07, 6.45) is 5.72. The Morgan fingerprint density at radius 3 is 2.71 bits per heavy atom. The molecule has 4 rings (SSSR count). The summed E-state index contributed by atoms with van der Waals surface area (Å²) in [5.41, 5.74) is 1.56. The maximum Gasteiger partial charge on any atom is 0.226 e. The van der Waals surface area contributed by atoms with Crippen LogP contribution in [0.25, 0.3) is 0 Å². The first kappa shape index (κ1) is 21.2. The summed E-state index contributed by atoms with van der Waals surface area (Å²) in [6, 6.07) is 11.6. The lowest BCUT2D eigenvalue weighted by molar-refractivity contribution is -0.122. The van der Waals surface area contributed by atoms with Crippen molar-refractivity contribution in [2.45, 2.75) is 56.0 Å². The van der Waals surface area contributed by atoms with Crippen LogP contribution in [0.3, 0.4) is 0 Å². The molecule has 2 aromatic rings. The summed E-state index contributed by atoms with van der Waals surface area (Å²) in [5, 5.41) is 6.45. The van der Waals surface area contributed by atoms with Crippen LogP contribution >= 0.6 is 0 Å². The van der Waals surface area contributed by atoms with Gasteiger partial charge in [-0.25, -0.2) is 0 Å². The Morgan fingerprint density at radius 1 is 1.19 bits per heavy atom. The number of methoxy groups -OCH3 is 2. The normalized spacial score (nSPS) is 25.2. The second-order valence-electron chi connectivity index (χ2n) is 8.41. The maximum atomic E-state index is 12.6. The van der Waals surface area contributed by atoms with Crippen LogP contribution < -0.4 is 20.1 Å². The molecule has 2 fully saturated rings. The predicted octanol–water partition coefficient (Wildman–Crippen LogP) is 2.74. The zero-order valence-electron chi connectivity index (χ0n) is 18.0. The number of nitrogens with one attached hydrogen (secondary N) is 2. The summed E-state index contributed by atoms with van der Waals surface area (Å²) < 4.78 is 10.9. The highest BCUT2D eigenvalue weighted by Gasteiger charge is 2.48. The Labute approximate surface area is 182 Å². The van der Waals surface area contributed by atoms with Crippen molar-refractivity contribution in [2.75, 3.05) is 14.2 Å². The molecule has 1 spiro atoms. The van der Waals surface area contributed by atoms with Crippen molar-refractivity contribution in [3.63, 3.8) is 0 Å². The fourth-order valence-corrected chi connectivity index (χ4v) is 5.02. The summed E-state index contributed by atoms with van der Waals surface area (Å²) >= 11 is 0. The molecule has 1 aromatic heterocycles. The van der Waals surface area contributed by atoms with E-state index < -0.39 is 0 Å². The van der Waals surface area contributed by atoms with E-state index in [1.165, 1.54) is 0 Å². The predicted molar refractivity (Wildman–Crippen MR) is 116 cm³/mol. The van der Waals surface area contributed by atoms with E-state index in [4.69, 9.17) is 9.47 Å². The van der Waals surface area contributed by atoms with Crippen LogP contribution in [0.5, 0.6) is 11.5 Å². The molecule has 7 nitrogen and oxygen atoms in total. The van der Waals surface area contributed by atoms with Gasteiger partial charge in [-0.05, 0) is 55.5 Å². The molecular formula is C24H29N3O4. The molecule has 2 N–H and O–H groups in total. The van der Waals surface area contributed by atoms with Crippen LogP contribution in [0.15, 0.2) is 42.6 Å². The van der Waals surface area contributed by atoms with Gasteiger partial charge in [0, 0.05) is 35.8 Å². The molecule has 0 radical (unpaired) electrons. The second-order valence-corrected chi connectivity index (χ2v) is 8.41. The number of pyridine rings is 1. The number of hydrogen-bond acceptors (Lipinski definition) is 5. The first-order chi connectivity index (χ1) is 15.0. The monoisotopic (exact) mass is 423 g/mol. The van der Waals surface area contributed by atoms with E-state index in [0.29, 0.717) is 17.9 Å². The number of hydrogen-bond donors (Lipinski definition) is 2. The summed E-state index contributed by atoms with van der Waals surface area (Å²) in [6.45, 7) is 0. The van der Waals surface area contributed by atoms with Crippen molar-refractivity contribution in [3.05, 3.63) is 53.9 Å². The third kappa shape index (κ3) is 4.50. The van der Waals surface area contributed by atoms with Crippen LogP contribution in [-0.2, 0) is 16.0 Å². The lowest BCUT2D eigenvalue weighted by Gasteiger charge is -2.45. The smallest absolute Gasteiger partial charge is 0.226 e. The van der Waals surface area contributed by atoms with Crippen LogP contribution in [-0.4, -0.2) is 42.6 Å². The van der Waals surface area contributed by atoms with Gasteiger partial charge in [-0.1, -0.05) is 12.1 Å². The highest BCUT2D eigenvalue weighted by Crippen LogP contribution is 2.47. The fraction of sp³-hybridized carbons (Fsp3) is 0.458. The number of rotatable bonds is 6. The molecule has 0 bridgehead atoms. The molecule has 31 heavy (non-hydrogen) atoms. The molecule has 2 aliphatic rings. The molecule has 0 unspecified atom stereocenters. The minimum absolute atomic E-state index is 0.0267. The van der Waals surface area contributed by atoms with Gasteiger partial charge >= 0.3 is 0 Å². The van der Waals surface area contributed by atoms with E-state index in [9.17, 15) is 9.59 Å². The molecule has 3 atom stereocenters. The average Bonchev–Trinajstić information content (AvgIpc) is 3.16. The van der Waals surface area contributed by atoms with Crippen LogP contribution in [0.4, 0.5) is 0 Å². The zero-order valence-corrected chi connectivity index (χ0v) is 18.0.